The number of nitrogens with one attached hydrogen (secondary N) is 1. The molecule has 1 saturated carbocycles. The first-order valence-electron chi connectivity index (χ1n) is 7.90. The zero-order valence-electron chi connectivity index (χ0n) is 13.1. The molecule has 1 aliphatic carbocycles. The van der Waals surface area contributed by atoms with E-state index >= 15 is 0 Å². The fourth-order valence-corrected chi connectivity index (χ4v) is 2.92. The number of nitrogens with zero attached hydrogens (tertiary/aromatic N) is 3. The summed E-state index contributed by atoms with van der Waals surface area (Å²) < 4.78 is 1.73. The van der Waals surface area contributed by atoms with E-state index in [1.807, 2.05) is 36.4 Å². The molecule has 4 rings (SSSR count). The van der Waals surface area contributed by atoms with Gasteiger partial charge in [-0.2, -0.15) is 5.10 Å². The van der Waals surface area contributed by atoms with Crippen LogP contribution in [0.3, 0.4) is 0 Å². The zero-order chi connectivity index (χ0) is 17.4. The van der Waals surface area contributed by atoms with Gasteiger partial charge in [-0.25, -0.2) is 9.67 Å². The molecule has 1 N–H and O–H groups in total. The molecule has 0 saturated heterocycles. The van der Waals surface area contributed by atoms with E-state index in [2.05, 4.69) is 15.4 Å². The third kappa shape index (κ3) is 3.38. The third-order valence-electron chi connectivity index (χ3n) is 3.99. The average Bonchev–Trinajstić information content (AvgIpc) is 3.39. The SMILES string of the molecule is O=C(Nc1cc(C2CC2)nn1-c1ccccc1)c1nc(Cl)ccc1Cl. The molecule has 0 unspecified atom stereocenters. The van der Waals surface area contributed by atoms with E-state index in [-0.39, 0.29) is 15.9 Å². The van der Waals surface area contributed by atoms with Crippen molar-refractivity contribution in [3.63, 3.8) is 0 Å². The lowest BCUT2D eigenvalue weighted by atomic mass is 10.3. The molecule has 0 radical (unpaired) electrons. The lowest BCUT2D eigenvalue weighted by Gasteiger charge is -2.09. The molecule has 0 aliphatic heterocycles. The highest BCUT2D eigenvalue weighted by Crippen LogP contribution is 2.40. The molecule has 1 aromatic carbocycles. The molecule has 2 heterocycles. The Kier molecular flexibility index (Phi) is 4.19. The van der Waals surface area contributed by atoms with E-state index in [0.717, 1.165) is 24.2 Å². The third-order valence-corrected chi connectivity index (χ3v) is 4.51. The van der Waals surface area contributed by atoms with E-state index in [9.17, 15) is 4.79 Å². The summed E-state index contributed by atoms with van der Waals surface area (Å²) in [7, 11) is 0. The molecular formula is C18H14Cl2N4O. The average molecular weight is 373 g/mol. The van der Waals surface area contributed by atoms with Gasteiger partial charge in [-0.15, -0.1) is 0 Å². The van der Waals surface area contributed by atoms with Gasteiger partial charge in [-0.3, -0.25) is 4.79 Å². The number of amides is 1. The van der Waals surface area contributed by atoms with Gasteiger partial charge in [0.15, 0.2) is 0 Å². The minimum atomic E-state index is -0.424. The first-order valence-corrected chi connectivity index (χ1v) is 8.66. The second-order valence-electron chi connectivity index (χ2n) is 5.89. The number of carbonyl (C=O) groups excluding carboxylic acids is 1. The number of carbonyl (C=O) groups is 1. The highest BCUT2D eigenvalue weighted by Gasteiger charge is 2.28. The normalized spacial score (nSPS) is 13.7. The fourth-order valence-electron chi connectivity index (χ4n) is 2.59. The number of para-hydroxylation sites is 1. The van der Waals surface area contributed by atoms with Crippen molar-refractivity contribution in [2.45, 2.75) is 18.8 Å². The van der Waals surface area contributed by atoms with Crippen LogP contribution in [-0.2, 0) is 0 Å². The van der Waals surface area contributed by atoms with Crippen LogP contribution in [0.15, 0.2) is 48.5 Å². The summed E-state index contributed by atoms with van der Waals surface area (Å²) in [5.41, 5.74) is 1.93. The van der Waals surface area contributed by atoms with Gasteiger partial charge in [0.05, 0.1) is 16.4 Å². The molecule has 0 spiro atoms. The van der Waals surface area contributed by atoms with Crippen molar-refractivity contribution in [2.75, 3.05) is 5.32 Å². The lowest BCUT2D eigenvalue weighted by molar-refractivity contribution is 0.102. The maximum atomic E-state index is 12.6. The predicted molar refractivity (Wildman–Crippen MR) is 97.7 cm³/mol. The highest BCUT2D eigenvalue weighted by molar-refractivity contribution is 6.35. The second kappa shape index (κ2) is 6.50. The van der Waals surface area contributed by atoms with Crippen molar-refractivity contribution in [1.82, 2.24) is 14.8 Å². The number of hydrogen-bond acceptors (Lipinski definition) is 3. The molecule has 25 heavy (non-hydrogen) atoms. The van der Waals surface area contributed by atoms with Crippen molar-refractivity contribution < 1.29 is 4.79 Å². The number of rotatable bonds is 4. The molecule has 0 atom stereocenters. The Labute approximate surface area is 154 Å². The van der Waals surface area contributed by atoms with Gasteiger partial charge in [-0.05, 0) is 37.1 Å². The summed E-state index contributed by atoms with van der Waals surface area (Å²) in [6.45, 7) is 0. The van der Waals surface area contributed by atoms with Crippen molar-refractivity contribution in [1.29, 1.82) is 0 Å². The van der Waals surface area contributed by atoms with Crippen LogP contribution in [0.2, 0.25) is 10.2 Å². The number of pyridine rings is 1. The fraction of sp³-hybridized carbons (Fsp3) is 0.167. The van der Waals surface area contributed by atoms with Gasteiger partial charge in [0, 0.05) is 12.0 Å². The van der Waals surface area contributed by atoms with Crippen LogP contribution in [-0.4, -0.2) is 20.7 Å². The van der Waals surface area contributed by atoms with Crippen molar-refractivity contribution in [3.05, 3.63) is 70.1 Å². The summed E-state index contributed by atoms with van der Waals surface area (Å²) in [5, 5.41) is 7.96. The molecule has 1 fully saturated rings. The van der Waals surface area contributed by atoms with Gasteiger partial charge in [0.1, 0.15) is 16.7 Å². The smallest absolute Gasteiger partial charge is 0.277 e. The summed E-state index contributed by atoms with van der Waals surface area (Å²) in [4.78, 5) is 16.6. The Morgan fingerprint density at radius 2 is 1.88 bits per heavy atom. The Hall–Kier alpha value is -2.37. The summed E-state index contributed by atoms with van der Waals surface area (Å²) in [6, 6.07) is 14.7. The van der Waals surface area contributed by atoms with Gasteiger partial charge in [0.25, 0.3) is 5.91 Å². The Balaban J connectivity index is 1.70. The summed E-state index contributed by atoms with van der Waals surface area (Å²) in [6.07, 6.45) is 2.25. The van der Waals surface area contributed by atoms with Crippen molar-refractivity contribution in [2.24, 2.45) is 0 Å². The van der Waals surface area contributed by atoms with E-state index in [1.54, 1.807) is 16.8 Å². The lowest BCUT2D eigenvalue weighted by Crippen LogP contribution is -2.17. The van der Waals surface area contributed by atoms with E-state index < -0.39 is 5.91 Å². The van der Waals surface area contributed by atoms with Crippen molar-refractivity contribution in [3.8, 4) is 5.69 Å². The minimum absolute atomic E-state index is 0.0861. The van der Waals surface area contributed by atoms with Crippen LogP contribution < -0.4 is 5.32 Å². The summed E-state index contributed by atoms with van der Waals surface area (Å²) in [5.74, 6) is 0.622. The van der Waals surface area contributed by atoms with E-state index in [0.29, 0.717) is 11.7 Å². The van der Waals surface area contributed by atoms with Crippen LogP contribution in [0.25, 0.3) is 5.69 Å². The largest absolute Gasteiger partial charge is 0.305 e. The van der Waals surface area contributed by atoms with Gasteiger partial charge < -0.3 is 5.32 Å². The van der Waals surface area contributed by atoms with Crippen LogP contribution in [0.1, 0.15) is 34.9 Å². The van der Waals surface area contributed by atoms with Crippen LogP contribution in [0.4, 0.5) is 5.82 Å². The van der Waals surface area contributed by atoms with Gasteiger partial charge in [-0.1, -0.05) is 41.4 Å². The second-order valence-corrected chi connectivity index (χ2v) is 6.69. The molecule has 3 aromatic rings. The number of benzene rings is 1. The Bertz CT molecular complexity index is 936. The Morgan fingerprint density at radius 1 is 1.12 bits per heavy atom. The maximum absolute atomic E-state index is 12.6. The molecular weight excluding hydrogens is 359 g/mol. The number of aromatic nitrogens is 3. The molecule has 126 valence electrons. The topological polar surface area (TPSA) is 59.8 Å². The zero-order valence-corrected chi connectivity index (χ0v) is 14.6. The monoisotopic (exact) mass is 372 g/mol. The number of halogens is 2. The molecule has 7 heteroatoms. The predicted octanol–water partition coefficient (Wildman–Crippen LogP) is 4.70. The van der Waals surface area contributed by atoms with Crippen LogP contribution in [0.5, 0.6) is 0 Å². The first-order chi connectivity index (χ1) is 12.1. The molecule has 2 aromatic heterocycles. The maximum Gasteiger partial charge on any atom is 0.277 e. The van der Waals surface area contributed by atoms with Crippen LogP contribution >= 0.6 is 23.2 Å². The molecule has 1 amide bonds. The Morgan fingerprint density at radius 3 is 2.60 bits per heavy atom. The van der Waals surface area contributed by atoms with Crippen molar-refractivity contribution >= 4 is 34.9 Å². The van der Waals surface area contributed by atoms with Gasteiger partial charge in [0.2, 0.25) is 0 Å². The standard InChI is InChI=1S/C18H14Cl2N4O/c19-13-8-9-15(20)21-17(13)18(25)22-16-10-14(11-6-7-11)23-24(16)12-4-2-1-3-5-12/h1-5,8-11H,6-7H2,(H,22,25). The minimum Gasteiger partial charge on any atom is -0.305 e. The molecule has 1 aliphatic rings. The molecule has 0 bridgehead atoms. The number of hydrogen-bond donors (Lipinski definition) is 1. The highest BCUT2D eigenvalue weighted by atomic mass is 35.5. The first kappa shape index (κ1) is 16.1. The quantitative estimate of drug-likeness (QED) is 0.674. The molecule has 5 nitrogen and oxygen atoms in total. The van der Waals surface area contributed by atoms with Gasteiger partial charge >= 0.3 is 0 Å². The van der Waals surface area contributed by atoms with E-state index in [1.165, 1.54) is 0 Å². The van der Waals surface area contributed by atoms with E-state index in [4.69, 9.17) is 23.2 Å². The number of anilines is 1. The summed E-state index contributed by atoms with van der Waals surface area (Å²) >= 11 is 12.0. The van der Waals surface area contributed by atoms with Crippen LogP contribution in [0, 0.1) is 0 Å².